The third-order valence-electron chi connectivity index (χ3n) is 5.08. The second-order valence-corrected chi connectivity index (χ2v) is 8.60. The van der Waals surface area contributed by atoms with Crippen LogP contribution in [0.1, 0.15) is 30.1 Å². The lowest BCUT2D eigenvalue weighted by Crippen LogP contribution is -2.14. The lowest BCUT2D eigenvalue weighted by atomic mass is 10.2. The van der Waals surface area contributed by atoms with E-state index >= 15 is 0 Å². The van der Waals surface area contributed by atoms with Gasteiger partial charge in [-0.1, -0.05) is 73.6 Å². The van der Waals surface area contributed by atoms with Crippen molar-refractivity contribution in [1.29, 1.82) is 0 Å². The van der Waals surface area contributed by atoms with Crippen molar-refractivity contribution in [2.24, 2.45) is 0 Å². The van der Waals surface area contributed by atoms with Crippen molar-refractivity contribution in [3.05, 3.63) is 84.4 Å². The minimum absolute atomic E-state index is 0.160. The predicted molar refractivity (Wildman–Crippen MR) is 136 cm³/mol. The number of hydrogen-bond donors (Lipinski definition) is 1. The highest BCUT2D eigenvalue weighted by atomic mass is 32.2. The number of rotatable bonds is 9. The maximum Gasteiger partial charge on any atom is 0.338 e. The van der Waals surface area contributed by atoms with E-state index in [4.69, 9.17) is 9.72 Å². The van der Waals surface area contributed by atoms with Crippen molar-refractivity contribution in [2.45, 2.75) is 24.8 Å². The molecule has 4 aromatic rings. The van der Waals surface area contributed by atoms with Crippen LogP contribution in [0.4, 0.5) is 5.69 Å². The average Bonchev–Trinajstić information content (AvgIpc) is 2.88. The maximum absolute atomic E-state index is 12.6. The molecular weight excluding hydrogens is 446 g/mol. The summed E-state index contributed by atoms with van der Waals surface area (Å²) >= 11 is 1.37. The number of fused-ring (bicyclic) bond motifs is 1. The first-order valence-electron chi connectivity index (χ1n) is 11.2. The van der Waals surface area contributed by atoms with E-state index in [-0.39, 0.29) is 17.6 Å². The van der Waals surface area contributed by atoms with Crippen LogP contribution in [0.2, 0.25) is 0 Å². The van der Waals surface area contributed by atoms with Crippen molar-refractivity contribution >= 4 is 40.2 Å². The summed E-state index contributed by atoms with van der Waals surface area (Å²) in [5.74, 6) is 0.304. The van der Waals surface area contributed by atoms with Gasteiger partial charge in [-0.25, -0.2) is 14.8 Å². The third kappa shape index (κ3) is 5.99. The van der Waals surface area contributed by atoms with Crippen LogP contribution < -0.4 is 5.32 Å². The van der Waals surface area contributed by atoms with Gasteiger partial charge in [0, 0.05) is 16.6 Å². The highest BCUT2D eigenvalue weighted by Gasteiger charge is 2.12. The van der Waals surface area contributed by atoms with Crippen LogP contribution in [0.3, 0.4) is 0 Å². The number of carbonyl (C=O) groups excluding carboxylic acids is 2. The summed E-state index contributed by atoms with van der Waals surface area (Å²) in [5, 5.41) is 4.53. The topological polar surface area (TPSA) is 81.2 Å². The van der Waals surface area contributed by atoms with Gasteiger partial charge in [-0.2, -0.15) is 0 Å². The normalized spacial score (nSPS) is 10.7. The molecule has 0 unspecified atom stereocenters. The SMILES string of the molecule is CCCCOC(=O)c1ccc(NC(=O)CSc2nc(-c3ccccc3)nc3ccccc23)cc1. The van der Waals surface area contributed by atoms with Crippen LogP contribution in [-0.2, 0) is 9.53 Å². The molecule has 34 heavy (non-hydrogen) atoms. The molecule has 7 heteroatoms. The fraction of sp³-hybridized carbons (Fsp3) is 0.185. The van der Waals surface area contributed by atoms with Crippen molar-refractivity contribution in [3.63, 3.8) is 0 Å². The van der Waals surface area contributed by atoms with Crippen LogP contribution >= 0.6 is 11.8 Å². The first kappa shape index (κ1) is 23.4. The molecule has 3 aromatic carbocycles. The Balaban J connectivity index is 1.42. The molecule has 0 saturated heterocycles. The molecule has 0 spiro atoms. The fourth-order valence-electron chi connectivity index (χ4n) is 3.29. The minimum atomic E-state index is -0.355. The molecule has 1 heterocycles. The number of aromatic nitrogens is 2. The molecule has 172 valence electrons. The Bertz CT molecular complexity index is 1280. The first-order valence-corrected chi connectivity index (χ1v) is 12.1. The Morgan fingerprint density at radius 3 is 2.41 bits per heavy atom. The molecule has 0 aliphatic carbocycles. The molecule has 0 saturated carbocycles. The fourth-order valence-corrected chi connectivity index (χ4v) is 4.11. The molecule has 1 N–H and O–H groups in total. The Morgan fingerprint density at radius 1 is 0.912 bits per heavy atom. The molecule has 0 atom stereocenters. The summed E-state index contributed by atoms with van der Waals surface area (Å²) in [4.78, 5) is 34.0. The molecule has 0 aliphatic heterocycles. The second-order valence-electron chi connectivity index (χ2n) is 7.64. The van der Waals surface area contributed by atoms with Gasteiger partial charge in [0.25, 0.3) is 0 Å². The van der Waals surface area contributed by atoms with Gasteiger partial charge in [0.1, 0.15) is 5.03 Å². The molecule has 4 rings (SSSR count). The zero-order valence-corrected chi connectivity index (χ0v) is 19.7. The highest BCUT2D eigenvalue weighted by Crippen LogP contribution is 2.28. The molecule has 0 fully saturated rings. The monoisotopic (exact) mass is 471 g/mol. The van der Waals surface area contributed by atoms with E-state index < -0.39 is 0 Å². The van der Waals surface area contributed by atoms with Gasteiger partial charge >= 0.3 is 5.97 Å². The van der Waals surface area contributed by atoms with E-state index in [2.05, 4.69) is 10.3 Å². The number of hydrogen-bond acceptors (Lipinski definition) is 6. The van der Waals surface area contributed by atoms with E-state index in [1.54, 1.807) is 24.3 Å². The maximum atomic E-state index is 12.6. The number of nitrogens with zero attached hydrogens (tertiary/aromatic N) is 2. The van der Waals surface area contributed by atoms with E-state index in [1.165, 1.54) is 11.8 Å². The second kappa shape index (κ2) is 11.4. The summed E-state index contributed by atoms with van der Waals surface area (Å²) in [6.07, 6.45) is 1.81. The number of anilines is 1. The summed E-state index contributed by atoms with van der Waals surface area (Å²) < 4.78 is 5.21. The standard InChI is InChI=1S/C27H25N3O3S/c1-2-3-17-33-27(32)20-13-15-21(16-14-20)28-24(31)18-34-26-22-11-7-8-12-23(22)29-25(30-26)19-9-5-4-6-10-19/h4-16H,2-3,17-18H2,1H3,(H,28,31). The van der Waals surface area contributed by atoms with E-state index in [1.807, 2.05) is 61.5 Å². The molecule has 0 aliphatic rings. The number of nitrogens with one attached hydrogen (secondary N) is 1. The van der Waals surface area contributed by atoms with Gasteiger partial charge in [0.15, 0.2) is 5.82 Å². The minimum Gasteiger partial charge on any atom is -0.462 e. The first-order chi connectivity index (χ1) is 16.6. The smallest absolute Gasteiger partial charge is 0.338 e. The number of thioether (sulfide) groups is 1. The number of amides is 1. The van der Waals surface area contributed by atoms with Crippen molar-refractivity contribution in [1.82, 2.24) is 9.97 Å². The van der Waals surface area contributed by atoms with Gasteiger partial charge in [0.05, 0.1) is 23.4 Å². The Morgan fingerprint density at radius 2 is 1.65 bits per heavy atom. The van der Waals surface area contributed by atoms with Gasteiger partial charge in [-0.15, -0.1) is 0 Å². The van der Waals surface area contributed by atoms with E-state index in [0.717, 1.165) is 34.3 Å². The summed E-state index contributed by atoms with van der Waals surface area (Å²) in [7, 11) is 0. The molecule has 0 radical (unpaired) electrons. The Kier molecular flexibility index (Phi) is 7.88. The molecule has 1 aromatic heterocycles. The van der Waals surface area contributed by atoms with E-state index in [9.17, 15) is 9.59 Å². The number of para-hydroxylation sites is 1. The quantitative estimate of drug-likeness (QED) is 0.140. The number of ether oxygens (including phenoxy) is 1. The Hall–Kier alpha value is -3.71. The van der Waals surface area contributed by atoms with Crippen molar-refractivity contribution < 1.29 is 14.3 Å². The Labute approximate surface area is 202 Å². The number of carbonyl (C=O) groups is 2. The molecule has 0 bridgehead atoms. The van der Waals surface area contributed by atoms with Crippen LogP contribution in [-0.4, -0.2) is 34.2 Å². The summed E-state index contributed by atoms with van der Waals surface area (Å²) in [6, 6.07) is 24.3. The van der Waals surface area contributed by atoms with Crippen LogP contribution in [0, 0.1) is 0 Å². The van der Waals surface area contributed by atoms with Gasteiger partial charge < -0.3 is 10.1 Å². The third-order valence-corrected chi connectivity index (χ3v) is 6.07. The number of esters is 1. The number of benzene rings is 3. The van der Waals surface area contributed by atoms with Crippen molar-refractivity contribution in [2.75, 3.05) is 17.7 Å². The predicted octanol–water partition coefficient (Wildman–Crippen LogP) is 5.98. The van der Waals surface area contributed by atoms with Gasteiger partial charge in [-0.05, 0) is 36.8 Å². The average molecular weight is 472 g/mol. The van der Waals surface area contributed by atoms with Crippen LogP contribution in [0.15, 0.2) is 83.9 Å². The molecule has 1 amide bonds. The largest absolute Gasteiger partial charge is 0.462 e. The zero-order valence-electron chi connectivity index (χ0n) is 18.9. The van der Waals surface area contributed by atoms with Gasteiger partial charge in [-0.3, -0.25) is 4.79 Å². The molecular formula is C27H25N3O3S. The lowest BCUT2D eigenvalue weighted by molar-refractivity contribution is -0.113. The highest BCUT2D eigenvalue weighted by molar-refractivity contribution is 8.00. The summed E-state index contributed by atoms with van der Waals surface area (Å²) in [6.45, 7) is 2.45. The zero-order chi connectivity index (χ0) is 23.8. The summed E-state index contributed by atoms with van der Waals surface area (Å²) in [5.41, 5.74) is 2.84. The van der Waals surface area contributed by atoms with E-state index in [0.29, 0.717) is 23.7 Å². The van der Waals surface area contributed by atoms with Crippen LogP contribution in [0.25, 0.3) is 22.3 Å². The lowest BCUT2D eigenvalue weighted by Gasteiger charge is -2.09. The molecule has 6 nitrogen and oxygen atoms in total. The number of unbranched alkanes of at least 4 members (excludes halogenated alkanes) is 1. The van der Waals surface area contributed by atoms with Gasteiger partial charge in [0.2, 0.25) is 5.91 Å². The van der Waals surface area contributed by atoms with Crippen LogP contribution in [0.5, 0.6) is 0 Å². The van der Waals surface area contributed by atoms with Crippen molar-refractivity contribution in [3.8, 4) is 11.4 Å².